The van der Waals surface area contributed by atoms with Gasteiger partial charge in [0.2, 0.25) is 0 Å². The van der Waals surface area contributed by atoms with E-state index in [4.69, 9.17) is 4.74 Å². The quantitative estimate of drug-likeness (QED) is 0.796. The van der Waals surface area contributed by atoms with Gasteiger partial charge in [0, 0.05) is 24.4 Å². The Morgan fingerprint density at radius 1 is 1.47 bits per heavy atom. The summed E-state index contributed by atoms with van der Waals surface area (Å²) >= 11 is 0. The lowest BCUT2D eigenvalue weighted by atomic mass is 10.2. The summed E-state index contributed by atoms with van der Waals surface area (Å²) in [6.45, 7) is 10.1. The second kappa shape index (κ2) is 5.65. The van der Waals surface area contributed by atoms with E-state index in [9.17, 15) is 0 Å². The molecule has 1 fully saturated rings. The van der Waals surface area contributed by atoms with E-state index in [0.29, 0.717) is 6.04 Å². The number of rotatable bonds is 5. The minimum Gasteiger partial charge on any atom is -0.379 e. The van der Waals surface area contributed by atoms with E-state index < -0.39 is 0 Å². The molecule has 0 radical (unpaired) electrons. The SMILES string of the molecule is CCCNCc1c(C)nn(C2CCOC2)c1C. The van der Waals surface area contributed by atoms with Crippen LogP contribution < -0.4 is 5.32 Å². The van der Waals surface area contributed by atoms with Crippen molar-refractivity contribution in [3.63, 3.8) is 0 Å². The molecular weight excluding hydrogens is 214 g/mol. The summed E-state index contributed by atoms with van der Waals surface area (Å²) in [5.41, 5.74) is 3.80. The van der Waals surface area contributed by atoms with Crippen LogP contribution in [-0.4, -0.2) is 29.5 Å². The second-order valence-electron chi connectivity index (χ2n) is 4.79. The first kappa shape index (κ1) is 12.6. The Labute approximate surface area is 103 Å². The summed E-state index contributed by atoms with van der Waals surface area (Å²) in [4.78, 5) is 0. The van der Waals surface area contributed by atoms with Crippen molar-refractivity contribution >= 4 is 0 Å². The van der Waals surface area contributed by atoms with E-state index in [1.165, 1.54) is 17.7 Å². The van der Waals surface area contributed by atoms with E-state index in [0.717, 1.165) is 38.4 Å². The first-order valence-corrected chi connectivity index (χ1v) is 6.57. The summed E-state index contributed by atoms with van der Waals surface area (Å²) in [5.74, 6) is 0. The van der Waals surface area contributed by atoms with Crippen LogP contribution in [0.25, 0.3) is 0 Å². The molecule has 2 rings (SSSR count). The van der Waals surface area contributed by atoms with Crippen molar-refractivity contribution in [2.24, 2.45) is 0 Å². The molecule has 0 spiro atoms. The standard InChI is InChI=1S/C13H23N3O/c1-4-6-14-8-13-10(2)15-16(11(13)3)12-5-7-17-9-12/h12,14H,4-9H2,1-3H3. The molecule has 96 valence electrons. The summed E-state index contributed by atoms with van der Waals surface area (Å²) in [6.07, 6.45) is 2.26. The number of nitrogens with one attached hydrogen (secondary N) is 1. The smallest absolute Gasteiger partial charge is 0.0777 e. The fourth-order valence-corrected chi connectivity index (χ4v) is 2.41. The molecule has 1 aliphatic rings. The van der Waals surface area contributed by atoms with Gasteiger partial charge in [-0.3, -0.25) is 4.68 Å². The molecule has 2 heterocycles. The van der Waals surface area contributed by atoms with E-state index in [1.54, 1.807) is 0 Å². The summed E-state index contributed by atoms with van der Waals surface area (Å²) in [7, 11) is 0. The van der Waals surface area contributed by atoms with Gasteiger partial charge in [-0.05, 0) is 33.2 Å². The Morgan fingerprint density at radius 2 is 2.29 bits per heavy atom. The first-order valence-electron chi connectivity index (χ1n) is 6.57. The van der Waals surface area contributed by atoms with Crippen molar-refractivity contribution in [1.29, 1.82) is 0 Å². The van der Waals surface area contributed by atoms with E-state index in [2.05, 4.69) is 35.9 Å². The van der Waals surface area contributed by atoms with Gasteiger partial charge in [-0.25, -0.2) is 0 Å². The van der Waals surface area contributed by atoms with Gasteiger partial charge >= 0.3 is 0 Å². The summed E-state index contributed by atoms with van der Waals surface area (Å²) < 4.78 is 7.60. The van der Waals surface area contributed by atoms with E-state index in [-0.39, 0.29) is 0 Å². The van der Waals surface area contributed by atoms with Crippen molar-refractivity contribution in [3.05, 3.63) is 17.0 Å². The van der Waals surface area contributed by atoms with E-state index >= 15 is 0 Å². The van der Waals surface area contributed by atoms with Crippen molar-refractivity contribution in [2.75, 3.05) is 19.8 Å². The minimum atomic E-state index is 0.439. The van der Waals surface area contributed by atoms with Gasteiger partial charge in [0.1, 0.15) is 0 Å². The second-order valence-corrected chi connectivity index (χ2v) is 4.79. The highest BCUT2D eigenvalue weighted by molar-refractivity contribution is 5.24. The third kappa shape index (κ3) is 2.69. The first-order chi connectivity index (χ1) is 8.24. The number of aromatic nitrogens is 2. The van der Waals surface area contributed by atoms with Gasteiger partial charge in [-0.15, -0.1) is 0 Å². The van der Waals surface area contributed by atoms with Crippen LogP contribution in [0.15, 0.2) is 0 Å². The number of hydrogen-bond donors (Lipinski definition) is 1. The normalized spacial score (nSPS) is 20.1. The highest BCUT2D eigenvalue weighted by Gasteiger charge is 2.22. The highest BCUT2D eigenvalue weighted by atomic mass is 16.5. The van der Waals surface area contributed by atoms with Gasteiger partial charge < -0.3 is 10.1 Å². The van der Waals surface area contributed by atoms with Gasteiger partial charge in [-0.2, -0.15) is 5.10 Å². The predicted molar refractivity (Wildman–Crippen MR) is 68.2 cm³/mol. The van der Waals surface area contributed by atoms with Crippen molar-refractivity contribution in [2.45, 2.75) is 46.2 Å². The zero-order chi connectivity index (χ0) is 12.3. The largest absolute Gasteiger partial charge is 0.379 e. The fraction of sp³-hybridized carbons (Fsp3) is 0.769. The van der Waals surface area contributed by atoms with Gasteiger partial charge in [0.05, 0.1) is 18.3 Å². The molecule has 4 nitrogen and oxygen atoms in total. The predicted octanol–water partition coefficient (Wildman–Crippen LogP) is 1.96. The lowest BCUT2D eigenvalue weighted by Crippen LogP contribution is -2.16. The Kier molecular flexibility index (Phi) is 4.18. The highest BCUT2D eigenvalue weighted by Crippen LogP contribution is 2.23. The molecule has 17 heavy (non-hydrogen) atoms. The minimum absolute atomic E-state index is 0.439. The number of hydrogen-bond acceptors (Lipinski definition) is 3. The molecule has 1 unspecified atom stereocenters. The van der Waals surface area contributed by atoms with Crippen molar-refractivity contribution in [1.82, 2.24) is 15.1 Å². The van der Waals surface area contributed by atoms with Crippen LogP contribution in [0, 0.1) is 13.8 Å². The average molecular weight is 237 g/mol. The lowest BCUT2D eigenvalue weighted by molar-refractivity contribution is 0.184. The molecular formula is C13H23N3O. The monoisotopic (exact) mass is 237 g/mol. The lowest BCUT2D eigenvalue weighted by Gasteiger charge is -2.11. The Balaban J connectivity index is 2.10. The molecule has 0 aromatic carbocycles. The molecule has 1 aromatic heterocycles. The molecule has 0 amide bonds. The molecule has 1 atom stereocenters. The van der Waals surface area contributed by atoms with Crippen molar-refractivity contribution in [3.8, 4) is 0 Å². The Morgan fingerprint density at radius 3 is 2.94 bits per heavy atom. The molecule has 1 aromatic rings. The maximum absolute atomic E-state index is 5.44. The van der Waals surface area contributed by atoms with Crippen molar-refractivity contribution < 1.29 is 4.74 Å². The molecule has 0 saturated carbocycles. The van der Waals surface area contributed by atoms with Crippen LogP contribution in [0.4, 0.5) is 0 Å². The van der Waals surface area contributed by atoms with E-state index in [1.807, 2.05) is 0 Å². The van der Waals surface area contributed by atoms with Gasteiger partial charge in [-0.1, -0.05) is 6.92 Å². The summed E-state index contributed by atoms with van der Waals surface area (Å²) in [5, 5.41) is 8.12. The number of ether oxygens (including phenoxy) is 1. The molecule has 1 aliphatic heterocycles. The maximum atomic E-state index is 5.44. The topological polar surface area (TPSA) is 39.1 Å². The van der Waals surface area contributed by atoms with Crippen LogP contribution in [-0.2, 0) is 11.3 Å². The van der Waals surface area contributed by atoms with Crippen LogP contribution in [0.2, 0.25) is 0 Å². The molecule has 0 aliphatic carbocycles. The zero-order valence-electron chi connectivity index (χ0n) is 11.1. The third-order valence-corrected chi connectivity index (χ3v) is 3.45. The third-order valence-electron chi connectivity index (χ3n) is 3.45. The molecule has 1 N–H and O–H groups in total. The van der Waals surface area contributed by atoms with Gasteiger partial charge in [0.25, 0.3) is 0 Å². The van der Waals surface area contributed by atoms with Crippen LogP contribution in [0.5, 0.6) is 0 Å². The summed E-state index contributed by atoms with van der Waals surface area (Å²) in [6, 6.07) is 0.439. The Hall–Kier alpha value is -0.870. The van der Waals surface area contributed by atoms with Crippen LogP contribution in [0.1, 0.15) is 42.8 Å². The zero-order valence-corrected chi connectivity index (χ0v) is 11.1. The average Bonchev–Trinajstić information content (AvgIpc) is 2.91. The molecule has 1 saturated heterocycles. The number of aryl methyl sites for hydroxylation is 1. The fourth-order valence-electron chi connectivity index (χ4n) is 2.41. The van der Waals surface area contributed by atoms with Crippen LogP contribution in [0.3, 0.4) is 0 Å². The number of nitrogens with zero attached hydrogens (tertiary/aromatic N) is 2. The maximum Gasteiger partial charge on any atom is 0.0777 e. The Bertz CT molecular complexity index is 367. The van der Waals surface area contributed by atoms with Gasteiger partial charge in [0.15, 0.2) is 0 Å². The van der Waals surface area contributed by atoms with Crippen LogP contribution >= 0.6 is 0 Å². The molecule has 4 heteroatoms. The molecule has 0 bridgehead atoms.